The molecule has 0 bridgehead atoms. The SMILES string of the molecule is CCCCNC(=O)C[C@H]1c2ccccc2CCN1S(=O)(=O)c1ccc(F)cc1. The Kier molecular flexibility index (Phi) is 6.46. The summed E-state index contributed by atoms with van der Waals surface area (Å²) in [5, 5.41) is 2.87. The molecule has 0 spiro atoms. The molecular formula is C21H25FN2O3S. The van der Waals surface area contributed by atoms with E-state index in [1.807, 2.05) is 31.2 Å². The van der Waals surface area contributed by atoms with Crippen LogP contribution < -0.4 is 5.32 Å². The number of fused-ring (bicyclic) bond motifs is 1. The van der Waals surface area contributed by atoms with Crippen LogP contribution in [-0.4, -0.2) is 31.7 Å². The third kappa shape index (κ3) is 4.42. The number of hydrogen-bond acceptors (Lipinski definition) is 3. The largest absolute Gasteiger partial charge is 0.356 e. The molecule has 0 aliphatic carbocycles. The first-order valence-electron chi connectivity index (χ1n) is 9.55. The number of rotatable bonds is 7. The number of carbonyl (C=O) groups excluding carboxylic acids is 1. The predicted molar refractivity (Wildman–Crippen MR) is 106 cm³/mol. The Morgan fingerprint density at radius 1 is 1.18 bits per heavy atom. The number of sulfonamides is 1. The predicted octanol–water partition coefficient (Wildman–Crippen LogP) is 3.42. The number of hydrogen-bond donors (Lipinski definition) is 1. The Labute approximate surface area is 165 Å². The highest BCUT2D eigenvalue weighted by molar-refractivity contribution is 7.89. The van der Waals surface area contributed by atoms with Crippen LogP contribution >= 0.6 is 0 Å². The Bertz CT molecular complexity index is 929. The number of halogens is 1. The quantitative estimate of drug-likeness (QED) is 0.719. The highest BCUT2D eigenvalue weighted by atomic mass is 32.2. The second-order valence-corrected chi connectivity index (χ2v) is 8.83. The Hall–Kier alpha value is -2.25. The average molecular weight is 405 g/mol. The number of amides is 1. The van der Waals surface area contributed by atoms with Gasteiger partial charge in [-0.2, -0.15) is 4.31 Å². The van der Waals surface area contributed by atoms with E-state index >= 15 is 0 Å². The molecular weight excluding hydrogens is 379 g/mol. The second-order valence-electron chi connectivity index (χ2n) is 6.94. The fourth-order valence-electron chi connectivity index (χ4n) is 3.52. The van der Waals surface area contributed by atoms with E-state index in [0.29, 0.717) is 13.0 Å². The van der Waals surface area contributed by atoms with Crippen LogP contribution in [0.15, 0.2) is 53.4 Å². The molecule has 0 saturated heterocycles. The van der Waals surface area contributed by atoms with Crippen LogP contribution in [0.4, 0.5) is 4.39 Å². The molecule has 1 amide bonds. The van der Waals surface area contributed by atoms with Gasteiger partial charge in [0.2, 0.25) is 15.9 Å². The molecule has 7 heteroatoms. The van der Waals surface area contributed by atoms with Crippen molar-refractivity contribution < 1.29 is 17.6 Å². The second kappa shape index (κ2) is 8.84. The number of unbranched alkanes of at least 4 members (excludes halogenated alkanes) is 1. The van der Waals surface area contributed by atoms with Gasteiger partial charge in [0, 0.05) is 19.5 Å². The monoisotopic (exact) mass is 404 g/mol. The smallest absolute Gasteiger partial charge is 0.243 e. The molecule has 2 aromatic rings. The van der Waals surface area contributed by atoms with E-state index in [1.165, 1.54) is 16.4 Å². The zero-order valence-electron chi connectivity index (χ0n) is 15.9. The van der Waals surface area contributed by atoms with E-state index < -0.39 is 21.9 Å². The molecule has 2 aromatic carbocycles. The van der Waals surface area contributed by atoms with Crippen molar-refractivity contribution in [2.75, 3.05) is 13.1 Å². The van der Waals surface area contributed by atoms with Crippen LogP contribution in [0, 0.1) is 5.82 Å². The zero-order valence-corrected chi connectivity index (χ0v) is 16.7. The van der Waals surface area contributed by atoms with E-state index in [2.05, 4.69) is 5.32 Å². The van der Waals surface area contributed by atoms with Crippen LogP contribution in [0.3, 0.4) is 0 Å². The number of benzene rings is 2. The number of nitrogens with one attached hydrogen (secondary N) is 1. The molecule has 0 unspecified atom stereocenters. The van der Waals surface area contributed by atoms with Crippen molar-refractivity contribution >= 4 is 15.9 Å². The molecule has 5 nitrogen and oxygen atoms in total. The van der Waals surface area contributed by atoms with Crippen molar-refractivity contribution in [1.82, 2.24) is 9.62 Å². The van der Waals surface area contributed by atoms with E-state index in [9.17, 15) is 17.6 Å². The third-order valence-electron chi connectivity index (χ3n) is 5.01. The lowest BCUT2D eigenvalue weighted by Gasteiger charge is -2.36. The Morgan fingerprint density at radius 2 is 1.89 bits per heavy atom. The molecule has 1 heterocycles. The molecule has 0 radical (unpaired) electrons. The highest BCUT2D eigenvalue weighted by Gasteiger charge is 2.37. The summed E-state index contributed by atoms with van der Waals surface area (Å²) in [6.45, 7) is 2.90. The maximum atomic E-state index is 13.2. The van der Waals surface area contributed by atoms with Crippen molar-refractivity contribution in [3.8, 4) is 0 Å². The van der Waals surface area contributed by atoms with Crippen LogP contribution in [0.1, 0.15) is 43.4 Å². The van der Waals surface area contributed by atoms with Crippen LogP contribution in [0.25, 0.3) is 0 Å². The lowest BCUT2D eigenvalue weighted by molar-refractivity contribution is -0.122. The molecule has 3 rings (SSSR count). The van der Waals surface area contributed by atoms with Gasteiger partial charge < -0.3 is 5.32 Å². The minimum atomic E-state index is -3.85. The minimum absolute atomic E-state index is 0.0321. The highest BCUT2D eigenvalue weighted by Crippen LogP contribution is 2.36. The molecule has 0 saturated carbocycles. The van der Waals surface area contributed by atoms with Gasteiger partial charge in [-0.15, -0.1) is 0 Å². The van der Waals surface area contributed by atoms with Crippen molar-refractivity contribution in [3.63, 3.8) is 0 Å². The Balaban J connectivity index is 1.92. The molecule has 1 atom stereocenters. The van der Waals surface area contributed by atoms with Crippen molar-refractivity contribution in [1.29, 1.82) is 0 Å². The first-order valence-corrected chi connectivity index (χ1v) is 11.0. The van der Waals surface area contributed by atoms with E-state index in [1.54, 1.807) is 0 Å². The van der Waals surface area contributed by atoms with Crippen LogP contribution in [-0.2, 0) is 21.2 Å². The maximum absolute atomic E-state index is 13.2. The fraction of sp³-hybridized carbons (Fsp3) is 0.381. The van der Waals surface area contributed by atoms with Gasteiger partial charge >= 0.3 is 0 Å². The van der Waals surface area contributed by atoms with E-state index in [0.717, 1.165) is 36.1 Å². The summed E-state index contributed by atoms with van der Waals surface area (Å²) in [4.78, 5) is 12.5. The van der Waals surface area contributed by atoms with E-state index in [4.69, 9.17) is 0 Å². The first-order chi connectivity index (χ1) is 13.4. The van der Waals surface area contributed by atoms with Gasteiger partial charge in [-0.3, -0.25) is 4.79 Å². The number of nitrogens with zero attached hydrogens (tertiary/aromatic N) is 1. The molecule has 0 fully saturated rings. The molecule has 28 heavy (non-hydrogen) atoms. The van der Waals surface area contributed by atoms with Gasteiger partial charge in [0.15, 0.2) is 0 Å². The van der Waals surface area contributed by atoms with Crippen LogP contribution in [0.5, 0.6) is 0 Å². The summed E-state index contributed by atoms with van der Waals surface area (Å²) in [5.74, 6) is -0.663. The maximum Gasteiger partial charge on any atom is 0.243 e. The lowest BCUT2D eigenvalue weighted by atomic mass is 9.92. The molecule has 1 N–H and O–H groups in total. The summed E-state index contributed by atoms with van der Waals surface area (Å²) in [6, 6.07) is 11.9. The molecule has 1 aliphatic heterocycles. The summed E-state index contributed by atoms with van der Waals surface area (Å²) in [6.07, 6.45) is 2.48. The molecule has 150 valence electrons. The van der Waals surface area contributed by atoms with Crippen molar-refractivity contribution in [2.24, 2.45) is 0 Å². The summed E-state index contributed by atoms with van der Waals surface area (Å²) >= 11 is 0. The van der Waals surface area contributed by atoms with Gasteiger partial charge in [-0.25, -0.2) is 12.8 Å². The molecule has 1 aliphatic rings. The normalized spacial score (nSPS) is 17.1. The summed E-state index contributed by atoms with van der Waals surface area (Å²) in [5.41, 5.74) is 1.91. The van der Waals surface area contributed by atoms with Gasteiger partial charge in [0.1, 0.15) is 5.82 Å². The van der Waals surface area contributed by atoms with Gasteiger partial charge in [-0.1, -0.05) is 37.6 Å². The van der Waals surface area contributed by atoms with Gasteiger partial charge in [0.05, 0.1) is 10.9 Å². The lowest BCUT2D eigenvalue weighted by Crippen LogP contribution is -2.42. The summed E-state index contributed by atoms with van der Waals surface area (Å²) in [7, 11) is -3.85. The minimum Gasteiger partial charge on any atom is -0.356 e. The topological polar surface area (TPSA) is 66.5 Å². The van der Waals surface area contributed by atoms with E-state index in [-0.39, 0.29) is 23.8 Å². The summed E-state index contributed by atoms with van der Waals surface area (Å²) < 4.78 is 41.1. The number of carbonyl (C=O) groups is 1. The van der Waals surface area contributed by atoms with Gasteiger partial charge in [-0.05, 0) is 48.2 Å². The fourth-order valence-corrected chi connectivity index (χ4v) is 5.13. The molecule has 0 aromatic heterocycles. The first kappa shape index (κ1) is 20.5. The van der Waals surface area contributed by atoms with Gasteiger partial charge in [0.25, 0.3) is 0 Å². The average Bonchev–Trinajstić information content (AvgIpc) is 2.68. The van der Waals surface area contributed by atoms with Crippen LogP contribution in [0.2, 0.25) is 0 Å². The standard InChI is InChI=1S/C21H25FN2O3S/c1-2-3-13-23-21(25)15-20-19-7-5-4-6-16(19)12-14-24(20)28(26,27)18-10-8-17(22)9-11-18/h4-11,20H,2-3,12-15H2,1H3,(H,23,25)/t20-/m0/s1. The zero-order chi connectivity index (χ0) is 20.1. The van der Waals surface area contributed by atoms with Crippen molar-refractivity contribution in [2.45, 2.75) is 43.5 Å². The third-order valence-corrected chi connectivity index (χ3v) is 6.94. The Morgan fingerprint density at radius 3 is 2.61 bits per heavy atom. The van der Waals surface area contributed by atoms with Crippen molar-refractivity contribution in [3.05, 3.63) is 65.5 Å².